The summed E-state index contributed by atoms with van der Waals surface area (Å²) in [6, 6.07) is 3.76. The molecule has 7 heteroatoms. The first-order valence-corrected chi connectivity index (χ1v) is 7.95. The highest BCUT2D eigenvalue weighted by Crippen LogP contribution is 2.43. The predicted octanol–water partition coefficient (Wildman–Crippen LogP) is 3.79. The van der Waals surface area contributed by atoms with Crippen molar-refractivity contribution in [1.82, 2.24) is 4.98 Å². The number of halogens is 1. The minimum Gasteiger partial charge on any atom is -0.461 e. The summed E-state index contributed by atoms with van der Waals surface area (Å²) in [4.78, 5) is 17.1. The Balaban J connectivity index is 2.00. The summed E-state index contributed by atoms with van der Waals surface area (Å²) in [6.07, 6.45) is 0. The Morgan fingerprint density at radius 3 is 3.05 bits per heavy atom. The number of rotatable bonds is 3. The molecule has 21 heavy (non-hydrogen) atoms. The number of hydrogen-bond donors (Lipinski definition) is 0. The quantitative estimate of drug-likeness (QED) is 0.770. The van der Waals surface area contributed by atoms with Crippen molar-refractivity contribution in [2.24, 2.45) is 0 Å². The highest BCUT2D eigenvalue weighted by molar-refractivity contribution is 9.10. The van der Waals surface area contributed by atoms with Crippen molar-refractivity contribution >= 4 is 33.2 Å². The fourth-order valence-corrected chi connectivity index (χ4v) is 3.44. The summed E-state index contributed by atoms with van der Waals surface area (Å²) in [5, 5.41) is 0.745. The number of hydrogen-bond acceptors (Lipinski definition) is 6. The number of fused-ring (bicyclic) bond motifs is 1. The lowest BCUT2D eigenvalue weighted by Crippen LogP contribution is -2.06. The molecular weight excluding hydrogens is 358 g/mol. The normalized spacial score (nSPS) is 12.5. The van der Waals surface area contributed by atoms with Gasteiger partial charge in [-0.25, -0.2) is 9.78 Å². The largest absolute Gasteiger partial charge is 0.461 e. The topological polar surface area (TPSA) is 57.7 Å². The van der Waals surface area contributed by atoms with Gasteiger partial charge in [-0.2, -0.15) is 0 Å². The van der Waals surface area contributed by atoms with Gasteiger partial charge in [-0.3, -0.25) is 0 Å². The van der Waals surface area contributed by atoms with Crippen molar-refractivity contribution in [2.45, 2.75) is 13.8 Å². The maximum absolute atomic E-state index is 11.8. The van der Waals surface area contributed by atoms with Crippen molar-refractivity contribution in [3.05, 3.63) is 27.2 Å². The van der Waals surface area contributed by atoms with E-state index in [-0.39, 0.29) is 6.79 Å². The van der Waals surface area contributed by atoms with Gasteiger partial charge in [0.25, 0.3) is 0 Å². The molecule has 0 bridgehead atoms. The first-order chi connectivity index (χ1) is 10.1. The third kappa shape index (κ3) is 2.63. The maximum Gasteiger partial charge on any atom is 0.358 e. The van der Waals surface area contributed by atoms with Crippen molar-refractivity contribution in [3.8, 4) is 22.1 Å². The monoisotopic (exact) mass is 369 g/mol. The molecular formula is C14H12BrNO4S. The standard InChI is InChI=1S/C14H12BrNO4S/c1-3-18-14(17)11-7(2)21-13(16-11)8-4-9(15)12-10(5-8)19-6-20-12/h4-5H,3,6H2,1-2H3. The molecule has 110 valence electrons. The lowest BCUT2D eigenvalue weighted by Gasteiger charge is -2.02. The van der Waals surface area contributed by atoms with Gasteiger partial charge in [0.1, 0.15) is 5.01 Å². The van der Waals surface area contributed by atoms with E-state index in [4.69, 9.17) is 14.2 Å². The molecule has 0 amide bonds. The first kappa shape index (κ1) is 14.3. The molecule has 0 unspecified atom stereocenters. The Kier molecular flexibility index (Phi) is 3.86. The van der Waals surface area contributed by atoms with Gasteiger partial charge in [-0.1, -0.05) is 0 Å². The minimum atomic E-state index is -0.391. The van der Waals surface area contributed by atoms with Crippen molar-refractivity contribution in [3.63, 3.8) is 0 Å². The number of esters is 1. The molecule has 0 fully saturated rings. The third-order valence-corrected chi connectivity index (χ3v) is 4.55. The Morgan fingerprint density at radius 2 is 2.29 bits per heavy atom. The molecule has 5 nitrogen and oxygen atoms in total. The van der Waals surface area contributed by atoms with E-state index in [0.717, 1.165) is 19.9 Å². The van der Waals surface area contributed by atoms with Gasteiger partial charge in [0, 0.05) is 10.4 Å². The third-order valence-electron chi connectivity index (χ3n) is 2.94. The number of nitrogens with zero attached hydrogens (tertiary/aromatic N) is 1. The van der Waals surface area contributed by atoms with Crippen LogP contribution >= 0.6 is 27.3 Å². The minimum absolute atomic E-state index is 0.211. The van der Waals surface area contributed by atoms with Crippen molar-refractivity contribution < 1.29 is 19.0 Å². The molecule has 0 radical (unpaired) electrons. The number of aromatic nitrogens is 1. The van der Waals surface area contributed by atoms with Crippen LogP contribution in [0.4, 0.5) is 0 Å². The summed E-state index contributed by atoms with van der Waals surface area (Å²) >= 11 is 4.90. The Bertz CT molecular complexity index is 713. The molecule has 0 saturated carbocycles. The smallest absolute Gasteiger partial charge is 0.358 e. The highest BCUT2D eigenvalue weighted by Gasteiger charge is 2.22. The Hall–Kier alpha value is -1.60. The second kappa shape index (κ2) is 5.65. The number of benzene rings is 1. The molecule has 3 rings (SSSR count). The number of aryl methyl sites for hydroxylation is 1. The van der Waals surface area contributed by atoms with E-state index >= 15 is 0 Å². The fraction of sp³-hybridized carbons (Fsp3) is 0.286. The van der Waals surface area contributed by atoms with Crippen molar-refractivity contribution in [2.75, 3.05) is 13.4 Å². The second-order valence-electron chi connectivity index (χ2n) is 4.34. The zero-order valence-corrected chi connectivity index (χ0v) is 13.8. The lowest BCUT2D eigenvalue weighted by atomic mass is 10.2. The molecule has 0 aliphatic carbocycles. The Morgan fingerprint density at radius 1 is 1.48 bits per heavy atom. The zero-order valence-electron chi connectivity index (χ0n) is 11.4. The van der Waals surface area contributed by atoms with E-state index in [0.29, 0.717) is 23.8 Å². The van der Waals surface area contributed by atoms with E-state index in [2.05, 4.69) is 20.9 Å². The molecule has 2 heterocycles. The van der Waals surface area contributed by atoms with E-state index < -0.39 is 5.97 Å². The molecule has 1 aliphatic rings. The van der Waals surface area contributed by atoms with Gasteiger partial charge in [0.05, 0.1) is 11.1 Å². The molecule has 0 atom stereocenters. The lowest BCUT2D eigenvalue weighted by molar-refractivity contribution is 0.0519. The fourth-order valence-electron chi connectivity index (χ4n) is 2.00. The van der Waals surface area contributed by atoms with Gasteiger partial charge in [-0.05, 0) is 41.9 Å². The van der Waals surface area contributed by atoms with Crippen LogP contribution in [0.5, 0.6) is 11.5 Å². The molecule has 2 aromatic rings. The van der Waals surface area contributed by atoms with E-state index in [9.17, 15) is 4.79 Å². The SMILES string of the molecule is CCOC(=O)c1nc(-c2cc(Br)c3c(c2)OCO3)sc1C. The van der Waals surface area contributed by atoms with Gasteiger partial charge in [0.15, 0.2) is 17.2 Å². The van der Waals surface area contributed by atoms with Crippen LogP contribution in [0, 0.1) is 6.92 Å². The van der Waals surface area contributed by atoms with E-state index in [1.807, 2.05) is 19.1 Å². The number of thiazole rings is 1. The summed E-state index contributed by atoms with van der Waals surface area (Å²) < 4.78 is 16.6. The first-order valence-electron chi connectivity index (χ1n) is 6.34. The van der Waals surface area contributed by atoms with Crippen LogP contribution in [0.2, 0.25) is 0 Å². The zero-order chi connectivity index (χ0) is 15.0. The van der Waals surface area contributed by atoms with Gasteiger partial charge >= 0.3 is 5.97 Å². The summed E-state index contributed by atoms with van der Waals surface area (Å²) in [5.41, 5.74) is 1.24. The molecule has 1 aromatic heterocycles. The van der Waals surface area contributed by atoms with E-state index in [1.54, 1.807) is 6.92 Å². The van der Waals surface area contributed by atoms with Crippen LogP contribution in [0.3, 0.4) is 0 Å². The van der Waals surface area contributed by atoms with Crippen LogP contribution < -0.4 is 9.47 Å². The van der Waals surface area contributed by atoms with Gasteiger partial charge in [-0.15, -0.1) is 11.3 Å². The number of carbonyl (C=O) groups is 1. The summed E-state index contributed by atoms with van der Waals surface area (Å²) in [7, 11) is 0. The molecule has 1 aliphatic heterocycles. The highest BCUT2D eigenvalue weighted by atomic mass is 79.9. The predicted molar refractivity (Wildman–Crippen MR) is 82.1 cm³/mol. The summed E-state index contributed by atoms with van der Waals surface area (Å²) in [5.74, 6) is 0.972. The molecule has 1 aromatic carbocycles. The summed E-state index contributed by atoms with van der Waals surface area (Å²) in [6.45, 7) is 4.17. The number of carbonyl (C=O) groups excluding carboxylic acids is 1. The molecule has 0 spiro atoms. The van der Waals surface area contributed by atoms with E-state index in [1.165, 1.54) is 11.3 Å². The average Bonchev–Trinajstić information content (AvgIpc) is 3.05. The van der Waals surface area contributed by atoms with Crippen LogP contribution in [0.15, 0.2) is 16.6 Å². The van der Waals surface area contributed by atoms with Crippen molar-refractivity contribution in [1.29, 1.82) is 0 Å². The van der Waals surface area contributed by atoms with Crippen LogP contribution in [-0.2, 0) is 4.74 Å². The molecule has 0 saturated heterocycles. The average molecular weight is 370 g/mol. The Labute approximate surface area is 134 Å². The van der Waals surface area contributed by atoms with Crippen LogP contribution in [-0.4, -0.2) is 24.4 Å². The van der Waals surface area contributed by atoms with Gasteiger partial charge in [0.2, 0.25) is 6.79 Å². The molecule has 0 N–H and O–H groups in total. The van der Waals surface area contributed by atoms with Crippen LogP contribution in [0.25, 0.3) is 10.6 Å². The second-order valence-corrected chi connectivity index (χ2v) is 6.39. The maximum atomic E-state index is 11.8. The van der Waals surface area contributed by atoms with Crippen LogP contribution in [0.1, 0.15) is 22.3 Å². The number of ether oxygens (including phenoxy) is 3. The van der Waals surface area contributed by atoms with Gasteiger partial charge < -0.3 is 14.2 Å².